The van der Waals surface area contributed by atoms with Crippen LogP contribution in [-0.2, 0) is 9.59 Å². The van der Waals surface area contributed by atoms with Crippen molar-refractivity contribution in [3.05, 3.63) is 23.6 Å². The average molecular weight is 281 g/mol. The predicted octanol–water partition coefficient (Wildman–Crippen LogP) is 0.160. The van der Waals surface area contributed by atoms with E-state index in [0.29, 0.717) is 6.42 Å². The zero-order chi connectivity index (χ0) is 14.9. The van der Waals surface area contributed by atoms with Crippen LogP contribution in [-0.4, -0.2) is 40.5 Å². The smallest absolute Gasteiger partial charge is 0.339 e. The first-order valence-electron chi connectivity index (χ1n) is 5.93. The molecule has 1 aliphatic rings. The fourth-order valence-electron chi connectivity index (χ4n) is 2.11. The molecule has 2 heterocycles. The van der Waals surface area contributed by atoms with E-state index in [2.05, 4.69) is 10.3 Å². The fraction of sp³-hybridized carbons (Fsp3) is 0.333. The average Bonchev–Trinajstić information content (AvgIpc) is 2.37. The second-order valence-corrected chi connectivity index (χ2v) is 4.29. The molecule has 1 aromatic rings. The SMILES string of the molecule is CCC1C(=O)NC(=O)CN1c1ncc(F)cc1C(=O)O. The number of nitrogens with zero attached hydrogens (tertiary/aromatic N) is 2. The Labute approximate surface area is 113 Å². The Morgan fingerprint density at radius 2 is 2.30 bits per heavy atom. The van der Waals surface area contributed by atoms with E-state index in [1.807, 2.05) is 0 Å². The molecule has 1 unspecified atom stereocenters. The van der Waals surface area contributed by atoms with Gasteiger partial charge in [-0.2, -0.15) is 0 Å². The van der Waals surface area contributed by atoms with Gasteiger partial charge in [-0.15, -0.1) is 0 Å². The van der Waals surface area contributed by atoms with Crippen LogP contribution in [0.3, 0.4) is 0 Å². The Hall–Kier alpha value is -2.51. The highest BCUT2D eigenvalue weighted by Gasteiger charge is 2.35. The molecule has 1 saturated heterocycles. The fourth-order valence-corrected chi connectivity index (χ4v) is 2.11. The number of imide groups is 1. The number of hydrogen-bond acceptors (Lipinski definition) is 5. The number of carbonyl (C=O) groups is 3. The van der Waals surface area contributed by atoms with Crippen LogP contribution in [0.25, 0.3) is 0 Å². The Morgan fingerprint density at radius 3 is 2.90 bits per heavy atom. The van der Waals surface area contributed by atoms with Crippen LogP contribution in [0.1, 0.15) is 23.7 Å². The number of rotatable bonds is 3. The van der Waals surface area contributed by atoms with Gasteiger partial charge in [0.25, 0.3) is 0 Å². The molecule has 0 saturated carbocycles. The van der Waals surface area contributed by atoms with Gasteiger partial charge >= 0.3 is 5.97 Å². The number of aromatic carboxylic acids is 1. The van der Waals surface area contributed by atoms with Gasteiger partial charge in [0, 0.05) is 0 Å². The number of amides is 2. The molecule has 8 heteroatoms. The van der Waals surface area contributed by atoms with Gasteiger partial charge in [-0.05, 0) is 12.5 Å². The van der Waals surface area contributed by atoms with Crippen molar-refractivity contribution < 1.29 is 23.9 Å². The summed E-state index contributed by atoms with van der Waals surface area (Å²) in [7, 11) is 0. The van der Waals surface area contributed by atoms with Crippen molar-refractivity contribution in [3.8, 4) is 0 Å². The summed E-state index contributed by atoms with van der Waals surface area (Å²) >= 11 is 0. The Balaban J connectivity index is 2.50. The molecule has 0 spiro atoms. The lowest BCUT2D eigenvalue weighted by molar-refractivity contribution is -0.133. The topological polar surface area (TPSA) is 99.6 Å². The molecule has 7 nitrogen and oxygen atoms in total. The summed E-state index contributed by atoms with van der Waals surface area (Å²) < 4.78 is 13.1. The highest BCUT2D eigenvalue weighted by Crippen LogP contribution is 2.23. The number of aromatic nitrogens is 1. The van der Waals surface area contributed by atoms with E-state index in [4.69, 9.17) is 5.11 Å². The molecule has 0 aliphatic carbocycles. The number of piperazine rings is 1. The third kappa shape index (κ3) is 2.44. The number of carboxylic acid groups (broad SMARTS) is 1. The first-order chi connectivity index (χ1) is 9.43. The number of nitrogens with one attached hydrogen (secondary N) is 1. The van der Waals surface area contributed by atoms with Crippen molar-refractivity contribution >= 4 is 23.6 Å². The van der Waals surface area contributed by atoms with Crippen LogP contribution in [0.15, 0.2) is 12.3 Å². The van der Waals surface area contributed by atoms with Gasteiger partial charge in [0.1, 0.15) is 23.2 Å². The minimum atomic E-state index is -1.37. The van der Waals surface area contributed by atoms with Crippen LogP contribution in [0.5, 0.6) is 0 Å². The van der Waals surface area contributed by atoms with E-state index in [9.17, 15) is 18.8 Å². The minimum absolute atomic E-state index is 0.0889. The van der Waals surface area contributed by atoms with Crippen molar-refractivity contribution in [2.45, 2.75) is 19.4 Å². The summed E-state index contributed by atoms with van der Waals surface area (Å²) in [6.07, 6.45) is 1.21. The second kappa shape index (κ2) is 5.24. The third-order valence-electron chi connectivity index (χ3n) is 2.98. The molecule has 2 N–H and O–H groups in total. The Morgan fingerprint density at radius 1 is 1.60 bits per heavy atom. The predicted molar refractivity (Wildman–Crippen MR) is 65.7 cm³/mol. The maximum absolute atomic E-state index is 13.1. The number of carboxylic acids is 1. The lowest BCUT2D eigenvalue weighted by atomic mass is 10.1. The van der Waals surface area contributed by atoms with E-state index < -0.39 is 29.6 Å². The summed E-state index contributed by atoms with van der Waals surface area (Å²) in [5.41, 5.74) is -0.383. The van der Waals surface area contributed by atoms with Gasteiger partial charge in [-0.1, -0.05) is 6.92 Å². The first-order valence-corrected chi connectivity index (χ1v) is 5.93. The molecule has 1 atom stereocenters. The van der Waals surface area contributed by atoms with Crippen LogP contribution in [0.2, 0.25) is 0 Å². The van der Waals surface area contributed by atoms with E-state index >= 15 is 0 Å². The number of anilines is 1. The molecule has 1 aromatic heterocycles. The van der Waals surface area contributed by atoms with Gasteiger partial charge in [0.2, 0.25) is 11.8 Å². The standard InChI is InChI=1S/C12H12FN3O4/c1-2-8-11(18)15-9(17)5-16(8)10-7(12(19)20)3-6(13)4-14-10/h3-4,8H,2,5H2,1H3,(H,19,20)(H,15,17,18). The molecule has 2 amide bonds. The summed E-state index contributed by atoms with van der Waals surface area (Å²) in [6.45, 7) is 1.51. The Kier molecular flexibility index (Phi) is 3.64. The molecule has 0 aromatic carbocycles. The van der Waals surface area contributed by atoms with Gasteiger partial charge in [0.15, 0.2) is 0 Å². The number of hydrogen-bond donors (Lipinski definition) is 2. The normalized spacial score (nSPS) is 18.9. The monoisotopic (exact) mass is 281 g/mol. The maximum atomic E-state index is 13.1. The van der Waals surface area contributed by atoms with E-state index in [1.165, 1.54) is 4.90 Å². The van der Waals surface area contributed by atoms with Crippen LogP contribution >= 0.6 is 0 Å². The summed E-state index contributed by atoms with van der Waals surface area (Å²) in [5.74, 6) is -3.34. The molecule has 0 bridgehead atoms. The van der Waals surface area contributed by atoms with Crippen LogP contribution < -0.4 is 10.2 Å². The zero-order valence-electron chi connectivity index (χ0n) is 10.6. The van der Waals surface area contributed by atoms with Crippen LogP contribution in [0, 0.1) is 5.82 Å². The highest BCUT2D eigenvalue weighted by atomic mass is 19.1. The highest BCUT2D eigenvalue weighted by molar-refractivity contribution is 6.05. The van der Waals surface area contributed by atoms with Crippen molar-refractivity contribution in [2.75, 3.05) is 11.4 Å². The Bertz CT molecular complexity index is 590. The molecule has 2 rings (SSSR count). The van der Waals surface area contributed by atoms with Crippen molar-refractivity contribution in [3.63, 3.8) is 0 Å². The molecule has 20 heavy (non-hydrogen) atoms. The van der Waals surface area contributed by atoms with Gasteiger partial charge in [-0.25, -0.2) is 14.2 Å². The summed E-state index contributed by atoms with van der Waals surface area (Å²) in [5, 5.41) is 11.3. The third-order valence-corrected chi connectivity index (χ3v) is 2.98. The van der Waals surface area contributed by atoms with Crippen molar-refractivity contribution in [1.82, 2.24) is 10.3 Å². The van der Waals surface area contributed by atoms with Crippen LogP contribution in [0.4, 0.5) is 10.2 Å². The lowest BCUT2D eigenvalue weighted by Crippen LogP contribution is -2.58. The van der Waals surface area contributed by atoms with Gasteiger partial charge < -0.3 is 10.0 Å². The van der Waals surface area contributed by atoms with Gasteiger partial charge in [-0.3, -0.25) is 14.9 Å². The molecular weight excluding hydrogens is 269 g/mol. The van der Waals surface area contributed by atoms with E-state index in [-0.39, 0.29) is 17.9 Å². The van der Waals surface area contributed by atoms with Crippen molar-refractivity contribution in [1.29, 1.82) is 0 Å². The second-order valence-electron chi connectivity index (χ2n) is 4.29. The summed E-state index contributed by atoms with van der Waals surface area (Å²) in [4.78, 5) is 39.4. The van der Waals surface area contributed by atoms with E-state index in [1.54, 1.807) is 6.92 Å². The minimum Gasteiger partial charge on any atom is -0.478 e. The zero-order valence-corrected chi connectivity index (χ0v) is 10.6. The number of carbonyl (C=O) groups excluding carboxylic acids is 2. The molecule has 106 valence electrons. The summed E-state index contributed by atoms with van der Waals surface area (Å²) in [6, 6.07) is 0.0951. The number of halogens is 1. The molecule has 0 radical (unpaired) electrons. The molecule has 1 fully saturated rings. The van der Waals surface area contributed by atoms with Gasteiger partial charge in [0.05, 0.1) is 12.7 Å². The number of pyridine rings is 1. The quantitative estimate of drug-likeness (QED) is 0.766. The van der Waals surface area contributed by atoms with Crippen molar-refractivity contribution in [2.24, 2.45) is 0 Å². The molecular formula is C12H12FN3O4. The largest absolute Gasteiger partial charge is 0.478 e. The lowest BCUT2D eigenvalue weighted by Gasteiger charge is -2.34. The van der Waals surface area contributed by atoms with E-state index in [0.717, 1.165) is 12.3 Å². The molecule has 1 aliphatic heterocycles. The first kappa shape index (κ1) is 13.9. The maximum Gasteiger partial charge on any atom is 0.339 e.